The molecule has 2 aromatic carbocycles. The normalized spacial score (nSPS) is 11.7. The topological polar surface area (TPSA) is 41.6 Å². The van der Waals surface area contributed by atoms with Crippen LogP contribution in [0.1, 0.15) is 24.5 Å². The molecule has 0 aliphatic carbocycles. The Labute approximate surface area is 150 Å². The molecular weight excluding hydrogens is 312 g/mol. The van der Waals surface area contributed by atoms with Gasteiger partial charge in [0.15, 0.2) is 6.10 Å². The number of carbonyl (C=O) groups is 1. The van der Waals surface area contributed by atoms with Gasteiger partial charge in [0, 0.05) is 25.8 Å². The van der Waals surface area contributed by atoms with Crippen LogP contribution < -0.4 is 15.0 Å². The summed E-state index contributed by atoms with van der Waals surface area (Å²) in [4.78, 5) is 14.3. The van der Waals surface area contributed by atoms with Gasteiger partial charge in [-0.25, -0.2) is 0 Å². The number of aryl methyl sites for hydroxylation is 2. The first-order chi connectivity index (χ1) is 12.0. The largest absolute Gasteiger partial charge is 0.481 e. The predicted molar refractivity (Wildman–Crippen MR) is 103 cm³/mol. The molecule has 2 rings (SSSR count). The number of ether oxygens (including phenoxy) is 1. The molecule has 1 atom stereocenters. The molecule has 0 saturated carbocycles. The predicted octanol–water partition coefficient (Wildman–Crippen LogP) is 3.71. The number of benzene rings is 2. The second-order valence-corrected chi connectivity index (χ2v) is 6.41. The van der Waals surface area contributed by atoms with E-state index in [1.165, 1.54) is 11.3 Å². The summed E-state index contributed by atoms with van der Waals surface area (Å²) in [5.41, 5.74) is 3.56. The molecule has 1 N–H and O–H groups in total. The van der Waals surface area contributed by atoms with E-state index in [2.05, 4.69) is 36.3 Å². The molecule has 0 fully saturated rings. The second kappa shape index (κ2) is 9.11. The van der Waals surface area contributed by atoms with E-state index in [0.29, 0.717) is 6.54 Å². The molecule has 0 saturated heterocycles. The number of para-hydroxylation sites is 1. The molecule has 0 radical (unpaired) electrons. The van der Waals surface area contributed by atoms with Crippen LogP contribution in [-0.2, 0) is 4.79 Å². The highest BCUT2D eigenvalue weighted by Crippen LogP contribution is 2.17. The van der Waals surface area contributed by atoms with E-state index in [9.17, 15) is 4.79 Å². The molecular formula is C21H28N2O2. The fourth-order valence-electron chi connectivity index (χ4n) is 2.53. The van der Waals surface area contributed by atoms with E-state index in [1.54, 1.807) is 6.92 Å². The molecule has 134 valence electrons. The van der Waals surface area contributed by atoms with Gasteiger partial charge < -0.3 is 15.0 Å². The van der Waals surface area contributed by atoms with Crippen LogP contribution in [0.2, 0.25) is 0 Å². The Morgan fingerprint density at radius 2 is 1.84 bits per heavy atom. The number of nitrogens with one attached hydrogen (secondary N) is 1. The molecule has 1 unspecified atom stereocenters. The van der Waals surface area contributed by atoms with E-state index in [4.69, 9.17) is 4.74 Å². The highest BCUT2D eigenvalue weighted by atomic mass is 16.5. The summed E-state index contributed by atoms with van der Waals surface area (Å²) in [7, 11) is 2.06. The molecule has 0 aliphatic rings. The zero-order valence-electron chi connectivity index (χ0n) is 15.6. The summed E-state index contributed by atoms with van der Waals surface area (Å²) in [5.74, 6) is 0.648. The van der Waals surface area contributed by atoms with Crippen molar-refractivity contribution in [2.75, 3.05) is 25.0 Å². The molecule has 25 heavy (non-hydrogen) atoms. The van der Waals surface area contributed by atoms with Crippen molar-refractivity contribution in [3.63, 3.8) is 0 Å². The third kappa shape index (κ3) is 5.82. The maximum atomic E-state index is 12.2. The zero-order valence-corrected chi connectivity index (χ0v) is 15.6. The van der Waals surface area contributed by atoms with Crippen LogP contribution in [0.5, 0.6) is 5.75 Å². The second-order valence-electron chi connectivity index (χ2n) is 6.41. The van der Waals surface area contributed by atoms with Crippen molar-refractivity contribution >= 4 is 11.6 Å². The van der Waals surface area contributed by atoms with Crippen molar-refractivity contribution in [3.8, 4) is 5.75 Å². The van der Waals surface area contributed by atoms with E-state index < -0.39 is 6.10 Å². The molecule has 0 bridgehead atoms. The van der Waals surface area contributed by atoms with Crippen molar-refractivity contribution in [2.45, 2.75) is 33.3 Å². The van der Waals surface area contributed by atoms with E-state index >= 15 is 0 Å². The average Bonchev–Trinajstić information content (AvgIpc) is 2.62. The van der Waals surface area contributed by atoms with Crippen LogP contribution in [-0.4, -0.2) is 32.1 Å². The van der Waals surface area contributed by atoms with E-state index in [-0.39, 0.29) is 5.91 Å². The maximum Gasteiger partial charge on any atom is 0.260 e. The van der Waals surface area contributed by atoms with Gasteiger partial charge in [-0.05, 0) is 62.6 Å². The Bertz CT molecular complexity index is 686. The monoisotopic (exact) mass is 340 g/mol. The molecule has 1 amide bonds. The number of hydrogen-bond acceptors (Lipinski definition) is 3. The Hall–Kier alpha value is -2.49. The van der Waals surface area contributed by atoms with Crippen molar-refractivity contribution in [1.82, 2.24) is 5.32 Å². The minimum atomic E-state index is -0.506. The van der Waals surface area contributed by atoms with Crippen molar-refractivity contribution in [2.24, 2.45) is 0 Å². The van der Waals surface area contributed by atoms with E-state index in [1.807, 2.05) is 43.3 Å². The fraction of sp³-hybridized carbons (Fsp3) is 0.381. The average molecular weight is 340 g/mol. The maximum absolute atomic E-state index is 12.2. The Balaban J connectivity index is 1.71. The van der Waals surface area contributed by atoms with E-state index in [0.717, 1.165) is 24.3 Å². The lowest BCUT2D eigenvalue weighted by Crippen LogP contribution is -2.37. The smallest absolute Gasteiger partial charge is 0.260 e. The van der Waals surface area contributed by atoms with Crippen LogP contribution in [0.3, 0.4) is 0 Å². The first-order valence-corrected chi connectivity index (χ1v) is 8.75. The lowest BCUT2D eigenvalue weighted by molar-refractivity contribution is -0.127. The number of rotatable bonds is 8. The summed E-state index contributed by atoms with van der Waals surface area (Å²) >= 11 is 0. The zero-order chi connectivity index (χ0) is 18.2. The van der Waals surface area contributed by atoms with Crippen LogP contribution in [0.25, 0.3) is 0 Å². The summed E-state index contributed by atoms with van der Waals surface area (Å²) in [6.07, 6.45) is 0.377. The fourth-order valence-corrected chi connectivity index (χ4v) is 2.53. The Morgan fingerprint density at radius 1 is 1.12 bits per heavy atom. The van der Waals surface area contributed by atoms with Gasteiger partial charge in [0.05, 0.1) is 0 Å². The van der Waals surface area contributed by atoms with Gasteiger partial charge in [0.1, 0.15) is 5.75 Å². The first kappa shape index (κ1) is 18.8. The standard InChI is InChI=1S/C21H28N2O2/c1-16-11-12-20(15-17(16)2)25-18(3)21(24)22-13-8-14-23(4)19-9-6-5-7-10-19/h5-7,9-12,15,18H,8,13-14H2,1-4H3,(H,22,24). The van der Waals surface area contributed by atoms with Crippen LogP contribution >= 0.6 is 0 Å². The van der Waals surface area contributed by atoms with Gasteiger partial charge in [0.25, 0.3) is 5.91 Å². The molecule has 4 heteroatoms. The molecule has 0 aliphatic heterocycles. The molecule has 2 aromatic rings. The quantitative estimate of drug-likeness (QED) is 0.745. The van der Waals surface area contributed by atoms with Gasteiger partial charge in [-0.15, -0.1) is 0 Å². The highest BCUT2D eigenvalue weighted by molar-refractivity contribution is 5.80. The number of hydrogen-bond donors (Lipinski definition) is 1. The number of anilines is 1. The van der Waals surface area contributed by atoms with Gasteiger partial charge >= 0.3 is 0 Å². The third-order valence-corrected chi connectivity index (χ3v) is 4.33. The Morgan fingerprint density at radius 3 is 2.52 bits per heavy atom. The minimum Gasteiger partial charge on any atom is -0.481 e. The Kier molecular flexibility index (Phi) is 6.87. The van der Waals surface area contributed by atoms with Crippen LogP contribution in [0, 0.1) is 13.8 Å². The summed E-state index contributed by atoms with van der Waals surface area (Å²) in [6.45, 7) is 7.39. The summed E-state index contributed by atoms with van der Waals surface area (Å²) < 4.78 is 5.74. The molecule has 0 spiro atoms. The first-order valence-electron chi connectivity index (χ1n) is 8.75. The number of amides is 1. The van der Waals surface area contributed by atoms with Gasteiger partial charge in [-0.3, -0.25) is 4.79 Å². The van der Waals surface area contributed by atoms with Gasteiger partial charge in [-0.1, -0.05) is 24.3 Å². The molecule has 0 heterocycles. The van der Waals surface area contributed by atoms with Gasteiger partial charge in [0.2, 0.25) is 0 Å². The summed E-state index contributed by atoms with van der Waals surface area (Å²) in [6, 6.07) is 16.1. The highest BCUT2D eigenvalue weighted by Gasteiger charge is 2.14. The van der Waals surface area contributed by atoms with Crippen molar-refractivity contribution < 1.29 is 9.53 Å². The molecule has 4 nitrogen and oxygen atoms in total. The van der Waals surface area contributed by atoms with Crippen molar-refractivity contribution in [1.29, 1.82) is 0 Å². The third-order valence-electron chi connectivity index (χ3n) is 4.33. The SMILES string of the molecule is Cc1ccc(OC(C)C(=O)NCCCN(C)c2ccccc2)cc1C. The number of nitrogens with zero attached hydrogens (tertiary/aromatic N) is 1. The van der Waals surface area contributed by atoms with Crippen molar-refractivity contribution in [3.05, 3.63) is 59.7 Å². The van der Waals surface area contributed by atoms with Gasteiger partial charge in [-0.2, -0.15) is 0 Å². The molecule has 0 aromatic heterocycles. The minimum absolute atomic E-state index is 0.0828. The lowest BCUT2D eigenvalue weighted by Gasteiger charge is -2.20. The van der Waals surface area contributed by atoms with Crippen LogP contribution in [0.15, 0.2) is 48.5 Å². The van der Waals surface area contributed by atoms with Crippen LogP contribution in [0.4, 0.5) is 5.69 Å². The summed E-state index contributed by atoms with van der Waals surface area (Å²) in [5, 5.41) is 2.94. The number of carbonyl (C=O) groups excluding carboxylic acids is 1. The lowest BCUT2D eigenvalue weighted by atomic mass is 10.1.